The Kier molecular flexibility index (Phi) is 8.09. The summed E-state index contributed by atoms with van der Waals surface area (Å²) in [6.45, 7) is 5.91. The first kappa shape index (κ1) is 23.3. The average Bonchev–Trinajstić information content (AvgIpc) is 2.78. The molecule has 1 aliphatic heterocycles. The van der Waals surface area contributed by atoms with E-state index in [4.69, 9.17) is 4.74 Å². The van der Waals surface area contributed by atoms with Gasteiger partial charge >= 0.3 is 0 Å². The summed E-state index contributed by atoms with van der Waals surface area (Å²) in [5, 5.41) is 2.92. The van der Waals surface area contributed by atoms with Gasteiger partial charge in [0.2, 0.25) is 15.9 Å². The first-order valence-electron chi connectivity index (χ1n) is 11.0. The Balaban J connectivity index is 1.55. The molecule has 0 spiro atoms. The molecule has 1 aliphatic rings. The van der Waals surface area contributed by atoms with Crippen LogP contribution in [0.5, 0.6) is 5.75 Å². The number of carbonyl (C=O) groups excluding carboxylic acids is 1. The highest BCUT2D eigenvalue weighted by molar-refractivity contribution is 7.89. The lowest BCUT2D eigenvalue weighted by atomic mass is 10.1. The molecule has 168 valence electrons. The highest BCUT2D eigenvalue weighted by Gasteiger charge is 2.25. The third-order valence-electron chi connectivity index (χ3n) is 5.25. The van der Waals surface area contributed by atoms with Gasteiger partial charge < -0.3 is 10.1 Å². The second-order valence-electron chi connectivity index (χ2n) is 8.36. The zero-order chi connectivity index (χ0) is 22.3. The van der Waals surface area contributed by atoms with Crippen LogP contribution in [0.15, 0.2) is 53.4 Å². The van der Waals surface area contributed by atoms with Gasteiger partial charge in [0.25, 0.3) is 0 Å². The lowest BCUT2D eigenvalue weighted by Gasteiger charge is -2.25. The van der Waals surface area contributed by atoms with Gasteiger partial charge in [-0.3, -0.25) is 4.79 Å². The van der Waals surface area contributed by atoms with Gasteiger partial charge in [-0.25, -0.2) is 8.42 Å². The van der Waals surface area contributed by atoms with E-state index in [9.17, 15) is 13.2 Å². The zero-order valence-electron chi connectivity index (χ0n) is 18.3. The number of para-hydroxylation sites is 2. The molecule has 0 unspecified atom stereocenters. The van der Waals surface area contributed by atoms with Gasteiger partial charge in [0.15, 0.2) is 0 Å². The van der Waals surface area contributed by atoms with Crippen LogP contribution < -0.4 is 10.1 Å². The predicted octanol–water partition coefficient (Wildman–Crippen LogP) is 4.47. The van der Waals surface area contributed by atoms with Crippen LogP contribution >= 0.6 is 0 Å². The Bertz CT molecular complexity index is 965. The van der Waals surface area contributed by atoms with Gasteiger partial charge in [-0.15, -0.1) is 0 Å². The van der Waals surface area contributed by atoms with Crippen molar-refractivity contribution in [2.45, 2.75) is 50.8 Å². The van der Waals surface area contributed by atoms with E-state index in [-0.39, 0.29) is 5.91 Å². The summed E-state index contributed by atoms with van der Waals surface area (Å²) in [7, 11) is -3.43. The minimum absolute atomic E-state index is 0.106. The summed E-state index contributed by atoms with van der Waals surface area (Å²) in [6.07, 6.45) is 3.75. The third kappa shape index (κ3) is 6.55. The summed E-state index contributed by atoms with van der Waals surface area (Å²) >= 11 is 0. The lowest BCUT2D eigenvalue weighted by molar-refractivity contribution is -0.116. The fraction of sp³-hybridized carbons (Fsp3) is 0.458. The van der Waals surface area contributed by atoms with E-state index in [2.05, 4.69) is 19.2 Å². The van der Waals surface area contributed by atoms with Crippen molar-refractivity contribution in [3.63, 3.8) is 0 Å². The quantitative estimate of drug-likeness (QED) is 0.619. The number of amides is 1. The fourth-order valence-corrected chi connectivity index (χ4v) is 5.02. The van der Waals surface area contributed by atoms with E-state index >= 15 is 0 Å². The smallest absolute Gasteiger partial charge is 0.243 e. The van der Waals surface area contributed by atoms with E-state index in [1.54, 1.807) is 28.6 Å². The van der Waals surface area contributed by atoms with Crippen molar-refractivity contribution in [3.8, 4) is 5.75 Å². The van der Waals surface area contributed by atoms with Crippen molar-refractivity contribution in [1.29, 1.82) is 0 Å². The van der Waals surface area contributed by atoms with Crippen molar-refractivity contribution in [2.75, 3.05) is 25.0 Å². The molecule has 6 nitrogen and oxygen atoms in total. The number of benzene rings is 2. The van der Waals surface area contributed by atoms with E-state index < -0.39 is 10.0 Å². The van der Waals surface area contributed by atoms with Gasteiger partial charge in [-0.1, -0.05) is 44.5 Å². The monoisotopic (exact) mass is 444 g/mol. The third-order valence-corrected chi connectivity index (χ3v) is 7.16. The molecule has 1 amide bonds. The predicted molar refractivity (Wildman–Crippen MR) is 123 cm³/mol. The Hall–Kier alpha value is -2.38. The summed E-state index contributed by atoms with van der Waals surface area (Å²) in [6, 6.07) is 14.3. The molecule has 2 aromatic carbocycles. The van der Waals surface area contributed by atoms with Crippen LogP contribution in [0.1, 0.15) is 45.1 Å². The highest BCUT2D eigenvalue weighted by atomic mass is 32.2. The van der Waals surface area contributed by atoms with Gasteiger partial charge in [0, 0.05) is 19.5 Å². The summed E-state index contributed by atoms with van der Waals surface area (Å²) < 4.78 is 32.8. The molecule has 7 heteroatoms. The van der Waals surface area contributed by atoms with E-state index in [1.807, 2.05) is 24.3 Å². The van der Waals surface area contributed by atoms with Crippen molar-refractivity contribution in [1.82, 2.24) is 4.31 Å². The minimum Gasteiger partial charge on any atom is -0.491 e. The number of ether oxygens (including phenoxy) is 1. The number of carbonyl (C=O) groups is 1. The highest BCUT2D eigenvalue weighted by Crippen LogP contribution is 2.25. The number of hydrogen-bond acceptors (Lipinski definition) is 4. The first-order chi connectivity index (χ1) is 14.9. The second-order valence-corrected chi connectivity index (χ2v) is 10.3. The largest absolute Gasteiger partial charge is 0.491 e. The lowest BCUT2D eigenvalue weighted by Crippen LogP contribution is -2.35. The molecule has 0 aliphatic carbocycles. The summed E-state index contributed by atoms with van der Waals surface area (Å²) in [4.78, 5) is 12.8. The Morgan fingerprint density at radius 2 is 1.71 bits per heavy atom. The number of anilines is 1. The van der Waals surface area contributed by atoms with Crippen LogP contribution in [0.4, 0.5) is 5.69 Å². The number of nitrogens with zero attached hydrogens (tertiary/aromatic N) is 1. The van der Waals surface area contributed by atoms with Crippen LogP contribution in [-0.4, -0.2) is 38.3 Å². The number of aryl methyl sites for hydroxylation is 1. The van der Waals surface area contributed by atoms with E-state index in [0.717, 1.165) is 24.8 Å². The first-order valence-corrected chi connectivity index (χ1v) is 12.4. The molecule has 0 saturated carbocycles. The average molecular weight is 445 g/mol. The molecule has 1 heterocycles. The maximum Gasteiger partial charge on any atom is 0.243 e. The molecule has 0 radical (unpaired) electrons. The molecule has 0 atom stereocenters. The Labute approximate surface area is 185 Å². The van der Waals surface area contributed by atoms with E-state index in [0.29, 0.717) is 54.8 Å². The number of rotatable bonds is 9. The number of piperidine rings is 1. The normalized spacial score (nSPS) is 15.1. The second kappa shape index (κ2) is 10.8. The molecule has 1 fully saturated rings. The topological polar surface area (TPSA) is 75.7 Å². The molecular weight excluding hydrogens is 412 g/mol. The zero-order valence-corrected chi connectivity index (χ0v) is 19.2. The molecule has 0 bridgehead atoms. The van der Waals surface area contributed by atoms with Crippen LogP contribution in [0.2, 0.25) is 0 Å². The Morgan fingerprint density at radius 1 is 1.03 bits per heavy atom. The van der Waals surface area contributed by atoms with Crippen molar-refractivity contribution in [3.05, 3.63) is 54.1 Å². The standard InChI is InChI=1S/C24H32N2O4S/c1-19(2)18-30-23-9-5-4-8-22(23)25-24(27)15-12-20-10-13-21(14-11-20)31(28,29)26-16-6-3-7-17-26/h4-5,8-11,13-14,19H,3,6-7,12,15-18H2,1-2H3,(H,25,27). The van der Waals surface area contributed by atoms with Crippen LogP contribution in [0.3, 0.4) is 0 Å². The molecule has 0 aromatic heterocycles. The maximum atomic E-state index is 12.7. The summed E-state index contributed by atoms with van der Waals surface area (Å²) in [5.41, 5.74) is 1.59. The van der Waals surface area contributed by atoms with Crippen LogP contribution in [-0.2, 0) is 21.2 Å². The van der Waals surface area contributed by atoms with Crippen LogP contribution in [0, 0.1) is 5.92 Å². The van der Waals surface area contributed by atoms with Crippen molar-refractivity contribution in [2.24, 2.45) is 5.92 Å². The molecule has 31 heavy (non-hydrogen) atoms. The van der Waals surface area contributed by atoms with Gasteiger partial charge in [0.1, 0.15) is 5.75 Å². The summed E-state index contributed by atoms with van der Waals surface area (Å²) in [5.74, 6) is 0.952. The molecule has 1 N–H and O–H groups in total. The van der Waals surface area contributed by atoms with E-state index in [1.165, 1.54) is 0 Å². The van der Waals surface area contributed by atoms with Crippen molar-refractivity contribution >= 4 is 21.6 Å². The SMILES string of the molecule is CC(C)COc1ccccc1NC(=O)CCc1ccc(S(=O)(=O)N2CCCCC2)cc1. The molecule has 1 saturated heterocycles. The van der Waals surface area contributed by atoms with Crippen molar-refractivity contribution < 1.29 is 17.9 Å². The number of hydrogen-bond donors (Lipinski definition) is 1. The minimum atomic E-state index is -3.43. The van der Waals surface area contributed by atoms with Gasteiger partial charge in [-0.2, -0.15) is 4.31 Å². The maximum absolute atomic E-state index is 12.7. The molecule has 2 aromatic rings. The fourth-order valence-electron chi connectivity index (χ4n) is 3.51. The van der Waals surface area contributed by atoms with Crippen LogP contribution in [0.25, 0.3) is 0 Å². The molecular formula is C24H32N2O4S. The van der Waals surface area contributed by atoms with Gasteiger partial charge in [-0.05, 0) is 55.0 Å². The number of sulfonamides is 1. The van der Waals surface area contributed by atoms with Gasteiger partial charge in [0.05, 0.1) is 17.2 Å². The molecule has 3 rings (SSSR count). The number of nitrogens with one attached hydrogen (secondary N) is 1. The Morgan fingerprint density at radius 3 is 2.39 bits per heavy atom.